The number of fused-ring (bicyclic) bond motifs is 1. The summed E-state index contributed by atoms with van der Waals surface area (Å²) in [6.45, 7) is 1.96. The number of pyridine rings is 1. The zero-order valence-electron chi connectivity index (χ0n) is 7.31. The molecule has 0 spiro atoms. The van der Waals surface area contributed by atoms with Gasteiger partial charge < -0.3 is 0 Å². The van der Waals surface area contributed by atoms with Crippen LogP contribution in [0.4, 0.5) is 0 Å². The first-order valence-corrected chi connectivity index (χ1v) is 5.55. The van der Waals surface area contributed by atoms with Gasteiger partial charge in [-0.3, -0.25) is 0 Å². The molecule has 2 rings (SSSR count). The third kappa shape index (κ3) is 1.62. The topological polar surface area (TPSA) is 12.9 Å². The summed E-state index contributed by atoms with van der Waals surface area (Å²) in [5, 5.41) is 2.12. The summed E-state index contributed by atoms with van der Waals surface area (Å²) in [6, 6.07) is 5.56. The fourth-order valence-corrected chi connectivity index (χ4v) is 2.33. The van der Waals surface area contributed by atoms with E-state index < -0.39 is 0 Å². The molecule has 0 amide bonds. The molecule has 14 heavy (non-hydrogen) atoms. The molecule has 0 saturated carbocycles. The molecule has 0 unspecified atom stereocenters. The molecule has 0 atom stereocenters. The van der Waals surface area contributed by atoms with Gasteiger partial charge in [0, 0.05) is 9.86 Å². The van der Waals surface area contributed by atoms with E-state index in [1.807, 2.05) is 19.1 Å². The summed E-state index contributed by atoms with van der Waals surface area (Å²) >= 11 is 15.4. The maximum atomic E-state index is 6.15. The Kier molecular flexibility index (Phi) is 2.69. The van der Waals surface area contributed by atoms with Crippen LogP contribution < -0.4 is 0 Å². The highest BCUT2D eigenvalue weighted by molar-refractivity contribution is 9.10. The first-order chi connectivity index (χ1) is 6.59. The molecule has 1 heterocycles. The second-order valence-corrected chi connectivity index (χ2v) is 4.64. The molecule has 0 aliphatic heterocycles. The SMILES string of the molecule is Cc1cc(Br)c2nc(Cl)ccc2c1Cl. The highest BCUT2D eigenvalue weighted by atomic mass is 79.9. The normalized spacial score (nSPS) is 10.9. The fourth-order valence-electron chi connectivity index (χ4n) is 1.33. The van der Waals surface area contributed by atoms with Crippen molar-refractivity contribution in [1.29, 1.82) is 0 Å². The maximum Gasteiger partial charge on any atom is 0.129 e. The Morgan fingerprint density at radius 3 is 2.71 bits per heavy atom. The van der Waals surface area contributed by atoms with Gasteiger partial charge in [0.05, 0.1) is 10.5 Å². The second kappa shape index (κ2) is 3.69. The Hall–Kier alpha value is -0.310. The average molecular weight is 291 g/mol. The first-order valence-electron chi connectivity index (χ1n) is 4.00. The highest BCUT2D eigenvalue weighted by Gasteiger charge is 2.07. The largest absolute Gasteiger partial charge is 0.235 e. The zero-order chi connectivity index (χ0) is 10.3. The molecule has 0 radical (unpaired) electrons. The quantitative estimate of drug-likeness (QED) is 0.646. The molecule has 0 aliphatic carbocycles. The fraction of sp³-hybridized carbons (Fsp3) is 0.100. The van der Waals surface area contributed by atoms with Gasteiger partial charge in [-0.15, -0.1) is 0 Å². The van der Waals surface area contributed by atoms with Gasteiger partial charge >= 0.3 is 0 Å². The molecule has 1 nitrogen and oxygen atoms in total. The summed E-state index contributed by atoms with van der Waals surface area (Å²) in [4.78, 5) is 4.21. The number of hydrogen-bond donors (Lipinski definition) is 0. The predicted molar refractivity (Wildman–Crippen MR) is 64.2 cm³/mol. The number of aryl methyl sites for hydroxylation is 1. The van der Waals surface area contributed by atoms with Gasteiger partial charge in [-0.1, -0.05) is 23.2 Å². The number of aromatic nitrogens is 1. The third-order valence-corrected chi connectivity index (χ3v) is 3.33. The number of hydrogen-bond acceptors (Lipinski definition) is 1. The van der Waals surface area contributed by atoms with Gasteiger partial charge in [0.1, 0.15) is 5.15 Å². The van der Waals surface area contributed by atoms with Gasteiger partial charge in [-0.25, -0.2) is 4.98 Å². The van der Waals surface area contributed by atoms with Crippen molar-refractivity contribution in [3.05, 3.63) is 38.4 Å². The smallest absolute Gasteiger partial charge is 0.129 e. The Balaban J connectivity index is 2.94. The van der Waals surface area contributed by atoms with E-state index in [0.29, 0.717) is 5.15 Å². The van der Waals surface area contributed by atoms with Gasteiger partial charge in [-0.05, 0) is 46.6 Å². The van der Waals surface area contributed by atoms with Crippen LogP contribution in [-0.4, -0.2) is 4.98 Å². The molecule has 0 N–H and O–H groups in total. The Labute approximate surface area is 100 Å². The van der Waals surface area contributed by atoms with Crippen LogP contribution in [0.2, 0.25) is 10.2 Å². The number of benzene rings is 1. The average Bonchev–Trinajstić information content (AvgIpc) is 2.14. The van der Waals surface area contributed by atoms with Crippen molar-refractivity contribution < 1.29 is 0 Å². The second-order valence-electron chi connectivity index (χ2n) is 3.02. The minimum Gasteiger partial charge on any atom is -0.235 e. The molecular weight excluding hydrogens is 285 g/mol. The van der Waals surface area contributed by atoms with Crippen LogP contribution >= 0.6 is 39.1 Å². The molecular formula is C10H6BrCl2N. The monoisotopic (exact) mass is 289 g/mol. The van der Waals surface area contributed by atoms with Crippen molar-refractivity contribution in [3.63, 3.8) is 0 Å². The van der Waals surface area contributed by atoms with Gasteiger partial charge in [0.25, 0.3) is 0 Å². The van der Waals surface area contributed by atoms with E-state index in [1.165, 1.54) is 0 Å². The van der Waals surface area contributed by atoms with Crippen LogP contribution in [0.1, 0.15) is 5.56 Å². The number of nitrogens with zero attached hydrogens (tertiary/aromatic N) is 1. The molecule has 4 heteroatoms. The van der Waals surface area contributed by atoms with E-state index >= 15 is 0 Å². The van der Waals surface area contributed by atoms with E-state index in [2.05, 4.69) is 20.9 Å². The molecule has 72 valence electrons. The highest BCUT2D eigenvalue weighted by Crippen LogP contribution is 2.32. The van der Waals surface area contributed by atoms with Crippen LogP contribution in [0.3, 0.4) is 0 Å². The van der Waals surface area contributed by atoms with Crippen LogP contribution in [0, 0.1) is 6.92 Å². The molecule has 1 aromatic carbocycles. The Bertz CT molecular complexity index is 511. The molecule has 1 aromatic heterocycles. The summed E-state index contributed by atoms with van der Waals surface area (Å²) in [5.74, 6) is 0. The van der Waals surface area contributed by atoms with E-state index in [0.717, 1.165) is 26.0 Å². The molecule has 0 saturated heterocycles. The molecule has 2 aromatic rings. The van der Waals surface area contributed by atoms with Crippen molar-refractivity contribution in [3.8, 4) is 0 Å². The van der Waals surface area contributed by atoms with Crippen LogP contribution in [0.5, 0.6) is 0 Å². The van der Waals surface area contributed by atoms with E-state index in [1.54, 1.807) is 6.07 Å². The van der Waals surface area contributed by atoms with Crippen molar-refractivity contribution in [2.75, 3.05) is 0 Å². The van der Waals surface area contributed by atoms with Crippen molar-refractivity contribution >= 4 is 50.0 Å². The van der Waals surface area contributed by atoms with Gasteiger partial charge in [-0.2, -0.15) is 0 Å². The summed E-state index contributed by atoms with van der Waals surface area (Å²) in [5.41, 5.74) is 1.82. The molecule has 0 fully saturated rings. The minimum absolute atomic E-state index is 0.470. The Morgan fingerprint density at radius 1 is 1.29 bits per heavy atom. The molecule has 0 bridgehead atoms. The van der Waals surface area contributed by atoms with Crippen molar-refractivity contribution in [2.24, 2.45) is 0 Å². The summed E-state index contributed by atoms with van der Waals surface area (Å²) in [7, 11) is 0. The van der Waals surface area contributed by atoms with Crippen LogP contribution in [0.25, 0.3) is 10.9 Å². The van der Waals surface area contributed by atoms with E-state index in [-0.39, 0.29) is 0 Å². The first kappa shape index (κ1) is 10.2. The van der Waals surface area contributed by atoms with Crippen molar-refractivity contribution in [2.45, 2.75) is 6.92 Å². The summed E-state index contributed by atoms with van der Waals surface area (Å²) in [6.07, 6.45) is 0. The summed E-state index contributed by atoms with van der Waals surface area (Å²) < 4.78 is 0.914. The molecule has 0 aliphatic rings. The lowest BCUT2D eigenvalue weighted by atomic mass is 10.1. The van der Waals surface area contributed by atoms with Crippen molar-refractivity contribution in [1.82, 2.24) is 4.98 Å². The lowest BCUT2D eigenvalue weighted by Gasteiger charge is -2.05. The van der Waals surface area contributed by atoms with E-state index in [9.17, 15) is 0 Å². The lowest BCUT2D eigenvalue weighted by Crippen LogP contribution is -1.85. The number of halogens is 3. The predicted octanol–water partition coefficient (Wildman–Crippen LogP) is 4.61. The maximum absolute atomic E-state index is 6.15. The van der Waals surface area contributed by atoms with Gasteiger partial charge in [0.2, 0.25) is 0 Å². The van der Waals surface area contributed by atoms with Gasteiger partial charge in [0.15, 0.2) is 0 Å². The minimum atomic E-state index is 0.470. The third-order valence-electron chi connectivity index (χ3n) is 2.01. The lowest BCUT2D eigenvalue weighted by molar-refractivity contribution is 1.38. The van der Waals surface area contributed by atoms with Crippen LogP contribution in [-0.2, 0) is 0 Å². The Morgan fingerprint density at radius 2 is 2.00 bits per heavy atom. The van der Waals surface area contributed by atoms with E-state index in [4.69, 9.17) is 23.2 Å². The number of rotatable bonds is 0. The zero-order valence-corrected chi connectivity index (χ0v) is 10.4. The standard InChI is InChI=1S/C10H6BrCl2N/c1-5-4-7(11)10-6(9(5)13)2-3-8(12)14-10/h2-4H,1H3. The van der Waals surface area contributed by atoms with Crippen LogP contribution in [0.15, 0.2) is 22.7 Å².